The molecule has 2 aromatic carbocycles. The van der Waals surface area contributed by atoms with Gasteiger partial charge in [0.15, 0.2) is 0 Å². The van der Waals surface area contributed by atoms with E-state index in [1.165, 1.54) is 11.1 Å². The third-order valence-electron chi connectivity index (χ3n) is 7.97. The van der Waals surface area contributed by atoms with Crippen LogP contribution in [0.15, 0.2) is 54.6 Å². The standard InChI is InChI=1S/C27H33N3O3/c31-25(22-6-2-1-3-7-22)30-19-23-8-4-5-9-24(23)27(20-30)12-16-28(17-13-27)18-21-10-14-29(15-11-21)26(32)33/h1-9,21H,10-20H2,(H,32,33). The SMILES string of the molecule is O=C(O)N1CCC(CN2CCC3(CC2)CN(C(=O)c2ccccc2)Cc2ccccc23)CC1. The summed E-state index contributed by atoms with van der Waals surface area (Å²) in [6.07, 6.45) is 3.22. The van der Waals surface area contributed by atoms with E-state index in [0.717, 1.165) is 57.4 Å². The fraction of sp³-hybridized carbons (Fsp3) is 0.481. The topological polar surface area (TPSA) is 64.1 Å². The fourth-order valence-corrected chi connectivity index (χ4v) is 6.06. The molecule has 0 unspecified atom stereocenters. The lowest BCUT2D eigenvalue weighted by Crippen LogP contribution is -2.54. The van der Waals surface area contributed by atoms with Crippen LogP contribution in [0.1, 0.15) is 47.2 Å². The summed E-state index contributed by atoms with van der Waals surface area (Å²) in [4.78, 5) is 30.6. The zero-order valence-electron chi connectivity index (χ0n) is 19.2. The van der Waals surface area contributed by atoms with Gasteiger partial charge in [-0.2, -0.15) is 0 Å². The van der Waals surface area contributed by atoms with Crippen molar-refractivity contribution in [2.45, 2.75) is 37.6 Å². The van der Waals surface area contributed by atoms with Gasteiger partial charge in [-0.3, -0.25) is 4.79 Å². The number of carbonyl (C=O) groups excluding carboxylic acids is 1. The van der Waals surface area contributed by atoms with E-state index in [2.05, 4.69) is 34.1 Å². The predicted molar refractivity (Wildman–Crippen MR) is 127 cm³/mol. The molecule has 174 valence electrons. The second kappa shape index (κ2) is 9.18. The first kappa shape index (κ1) is 22.0. The molecule has 3 aliphatic heterocycles. The number of hydrogen-bond donors (Lipinski definition) is 1. The minimum atomic E-state index is -0.793. The Morgan fingerprint density at radius 2 is 1.55 bits per heavy atom. The number of fused-ring (bicyclic) bond motifs is 2. The van der Waals surface area contributed by atoms with Crippen molar-refractivity contribution in [2.75, 3.05) is 39.3 Å². The largest absolute Gasteiger partial charge is 0.465 e. The van der Waals surface area contributed by atoms with Crippen molar-refractivity contribution < 1.29 is 14.7 Å². The number of carboxylic acid groups (broad SMARTS) is 1. The van der Waals surface area contributed by atoms with Gasteiger partial charge in [0, 0.05) is 43.7 Å². The monoisotopic (exact) mass is 447 g/mol. The lowest BCUT2D eigenvalue weighted by Gasteiger charge is -2.49. The molecule has 1 spiro atoms. The first-order chi connectivity index (χ1) is 16.0. The van der Waals surface area contributed by atoms with Gasteiger partial charge in [-0.15, -0.1) is 0 Å². The highest BCUT2D eigenvalue weighted by Crippen LogP contribution is 2.42. The maximum absolute atomic E-state index is 13.3. The van der Waals surface area contributed by atoms with Crippen molar-refractivity contribution >= 4 is 12.0 Å². The summed E-state index contributed by atoms with van der Waals surface area (Å²) in [5, 5.41) is 9.19. The van der Waals surface area contributed by atoms with Gasteiger partial charge < -0.3 is 19.8 Å². The Labute approximate surface area is 195 Å². The molecule has 6 heteroatoms. The van der Waals surface area contributed by atoms with Crippen molar-refractivity contribution in [2.24, 2.45) is 5.92 Å². The first-order valence-corrected chi connectivity index (χ1v) is 12.2. The lowest BCUT2D eigenvalue weighted by atomic mass is 9.68. The highest BCUT2D eigenvalue weighted by Gasteiger charge is 2.43. The molecular formula is C27H33N3O3. The molecule has 0 bridgehead atoms. The highest BCUT2D eigenvalue weighted by atomic mass is 16.4. The number of piperidine rings is 2. The van der Waals surface area contributed by atoms with Gasteiger partial charge in [-0.25, -0.2) is 4.79 Å². The third-order valence-corrected chi connectivity index (χ3v) is 7.97. The minimum absolute atomic E-state index is 0.0163. The summed E-state index contributed by atoms with van der Waals surface area (Å²) in [5.41, 5.74) is 3.49. The zero-order valence-corrected chi connectivity index (χ0v) is 19.2. The molecule has 33 heavy (non-hydrogen) atoms. The van der Waals surface area contributed by atoms with E-state index in [4.69, 9.17) is 0 Å². The Kier molecular flexibility index (Phi) is 6.11. The molecule has 3 heterocycles. The van der Waals surface area contributed by atoms with Crippen LogP contribution in [0.3, 0.4) is 0 Å². The average Bonchev–Trinajstić information content (AvgIpc) is 2.86. The molecule has 2 amide bonds. The van der Waals surface area contributed by atoms with Crippen LogP contribution in [-0.2, 0) is 12.0 Å². The van der Waals surface area contributed by atoms with Gasteiger partial charge in [0.25, 0.3) is 5.91 Å². The molecule has 5 rings (SSSR count). The molecule has 0 radical (unpaired) electrons. The number of amides is 2. The Morgan fingerprint density at radius 3 is 2.24 bits per heavy atom. The first-order valence-electron chi connectivity index (χ1n) is 12.2. The van der Waals surface area contributed by atoms with Crippen LogP contribution in [0.5, 0.6) is 0 Å². The minimum Gasteiger partial charge on any atom is -0.465 e. The number of rotatable bonds is 3. The van der Waals surface area contributed by atoms with Crippen molar-refractivity contribution in [3.8, 4) is 0 Å². The van der Waals surface area contributed by atoms with Crippen molar-refractivity contribution in [1.82, 2.24) is 14.7 Å². The van der Waals surface area contributed by atoms with Gasteiger partial charge in [-0.1, -0.05) is 42.5 Å². The van der Waals surface area contributed by atoms with Gasteiger partial charge in [-0.05, 0) is 68.0 Å². The summed E-state index contributed by atoms with van der Waals surface area (Å²) in [7, 11) is 0. The summed E-state index contributed by atoms with van der Waals surface area (Å²) < 4.78 is 0. The Bertz CT molecular complexity index is 993. The van der Waals surface area contributed by atoms with E-state index in [1.54, 1.807) is 4.90 Å². The van der Waals surface area contributed by atoms with Crippen molar-refractivity contribution in [3.05, 3.63) is 71.3 Å². The van der Waals surface area contributed by atoms with Gasteiger partial charge in [0.05, 0.1) is 0 Å². The Hall–Kier alpha value is -2.86. The maximum Gasteiger partial charge on any atom is 0.407 e. The molecule has 3 aliphatic rings. The highest BCUT2D eigenvalue weighted by molar-refractivity contribution is 5.94. The van der Waals surface area contributed by atoms with Crippen LogP contribution < -0.4 is 0 Å². The normalized spacial score (nSPS) is 21.1. The second-order valence-corrected chi connectivity index (χ2v) is 9.98. The average molecular weight is 448 g/mol. The van der Waals surface area contributed by atoms with E-state index < -0.39 is 6.09 Å². The summed E-state index contributed by atoms with van der Waals surface area (Å²) in [5.74, 6) is 0.696. The summed E-state index contributed by atoms with van der Waals surface area (Å²) in [6.45, 7) is 5.88. The predicted octanol–water partition coefficient (Wildman–Crippen LogP) is 4.07. The zero-order chi connectivity index (χ0) is 22.8. The Morgan fingerprint density at radius 1 is 0.879 bits per heavy atom. The van der Waals surface area contributed by atoms with Gasteiger partial charge >= 0.3 is 6.09 Å². The number of hydrogen-bond acceptors (Lipinski definition) is 3. The smallest absolute Gasteiger partial charge is 0.407 e. The lowest BCUT2D eigenvalue weighted by molar-refractivity contribution is 0.0544. The second-order valence-electron chi connectivity index (χ2n) is 9.98. The molecule has 0 aromatic heterocycles. The van der Waals surface area contributed by atoms with E-state index >= 15 is 0 Å². The molecule has 1 N–H and O–H groups in total. The van der Waals surface area contributed by atoms with Gasteiger partial charge in [0.1, 0.15) is 0 Å². The molecule has 2 saturated heterocycles. The number of nitrogens with zero attached hydrogens (tertiary/aromatic N) is 3. The number of carbonyl (C=O) groups is 2. The van der Waals surface area contributed by atoms with Crippen LogP contribution in [-0.4, -0.2) is 71.1 Å². The van der Waals surface area contributed by atoms with Crippen LogP contribution in [0.4, 0.5) is 4.79 Å². The van der Waals surface area contributed by atoms with E-state index in [1.807, 2.05) is 30.3 Å². The van der Waals surface area contributed by atoms with E-state index in [9.17, 15) is 14.7 Å². The molecule has 6 nitrogen and oxygen atoms in total. The molecule has 0 aliphatic carbocycles. The van der Waals surface area contributed by atoms with Crippen LogP contribution >= 0.6 is 0 Å². The molecule has 2 fully saturated rings. The van der Waals surface area contributed by atoms with Crippen LogP contribution in [0.2, 0.25) is 0 Å². The summed E-state index contributed by atoms with van der Waals surface area (Å²) >= 11 is 0. The number of benzene rings is 2. The Balaban J connectivity index is 1.27. The van der Waals surface area contributed by atoms with Crippen LogP contribution in [0, 0.1) is 5.92 Å². The van der Waals surface area contributed by atoms with E-state index in [-0.39, 0.29) is 11.3 Å². The summed E-state index contributed by atoms with van der Waals surface area (Å²) in [6, 6.07) is 18.3. The quantitative estimate of drug-likeness (QED) is 0.771. The van der Waals surface area contributed by atoms with Crippen molar-refractivity contribution in [1.29, 1.82) is 0 Å². The molecular weight excluding hydrogens is 414 g/mol. The van der Waals surface area contributed by atoms with E-state index in [0.29, 0.717) is 25.6 Å². The third kappa shape index (κ3) is 4.49. The number of likely N-dealkylation sites (tertiary alicyclic amines) is 2. The van der Waals surface area contributed by atoms with Gasteiger partial charge in [0.2, 0.25) is 0 Å². The van der Waals surface area contributed by atoms with Crippen molar-refractivity contribution in [3.63, 3.8) is 0 Å². The molecule has 2 aromatic rings. The maximum atomic E-state index is 13.3. The molecule has 0 atom stereocenters. The molecule has 0 saturated carbocycles. The fourth-order valence-electron chi connectivity index (χ4n) is 6.06. The van der Waals surface area contributed by atoms with Crippen LogP contribution in [0.25, 0.3) is 0 Å².